The largest absolute Gasteiger partial charge is 0.348 e. The van der Waals surface area contributed by atoms with E-state index in [1.807, 2.05) is 0 Å². The fraction of sp³-hybridized carbons (Fsp3) is 0.727. The SMILES string of the molecule is CCCN(CCCN)c1nc(C)c(C)s1. The normalized spacial score (nSPS) is 10.7. The maximum atomic E-state index is 5.54. The van der Waals surface area contributed by atoms with Crippen LogP contribution >= 0.6 is 11.3 Å². The summed E-state index contributed by atoms with van der Waals surface area (Å²) in [6.07, 6.45) is 2.19. The Labute approximate surface area is 96.3 Å². The van der Waals surface area contributed by atoms with E-state index in [0.717, 1.165) is 43.3 Å². The summed E-state index contributed by atoms with van der Waals surface area (Å²) in [5, 5.41) is 1.15. The molecular weight excluding hydrogens is 206 g/mol. The van der Waals surface area contributed by atoms with Gasteiger partial charge in [0, 0.05) is 18.0 Å². The summed E-state index contributed by atoms with van der Waals surface area (Å²) >= 11 is 1.79. The number of aromatic nitrogens is 1. The van der Waals surface area contributed by atoms with Crippen LogP contribution in [-0.2, 0) is 0 Å². The van der Waals surface area contributed by atoms with Crippen LogP contribution in [0.15, 0.2) is 0 Å². The van der Waals surface area contributed by atoms with Gasteiger partial charge in [0.05, 0.1) is 5.69 Å². The molecular formula is C11H21N3S. The summed E-state index contributed by atoms with van der Waals surface area (Å²) in [5.41, 5.74) is 6.70. The zero-order valence-corrected chi connectivity index (χ0v) is 10.7. The third-order valence-electron chi connectivity index (χ3n) is 2.41. The number of anilines is 1. The number of thiazole rings is 1. The minimum Gasteiger partial charge on any atom is -0.348 e. The molecule has 1 heterocycles. The molecule has 0 atom stereocenters. The van der Waals surface area contributed by atoms with Crippen LogP contribution in [0.5, 0.6) is 0 Å². The standard InChI is InChI=1S/C11H21N3S/c1-4-7-14(8-5-6-12)11-13-9(2)10(3)15-11/h4-8,12H2,1-3H3. The zero-order chi connectivity index (χ0) is 11.3. The molecule has 0 aliphatic heterocycles. The summed E-state index contributed by atoms with van der Waals surface area (Å²) in [6.45, 7) is 9.25. The Morgan fingerprint density at radius 3 is 2.53 bits per heavy atom. The maximum absolute atomic E-state index is 5.54. The van der Waals surface area contributed by atoms with Crippen molar-refractivity contribution in [1.29, 1.82) is 0 Å². The minimum absolute atomic E-state index is 0.754. The molecule has 0 radical (unpaired) electrons. The van der Waals surface area contributed by atoms with Crippen molar-refractivity contribution >= 4 is 16.5 Å². The Kier molecular flexibility index (Phi) is 5.05. The van der Waals surface area contributed by atoms with Gasteiger partial charge in [-0.05, 0) is 33.2 Å². The van der Waals surface area contributed by atoms with Crippen molar-refractivity contribution < 1.29 is 0 Å². The van der Waals surface area contributed by atoms with Crippen molar-refractivity contribution in [3.8, 4) is 0 Å². The molecule has 15 heavy (non-hydrogen) atoms. The molecule has 1 rings (SSSR count). The van der Waals surface area contributed by atoms with Crippen molar-refractivity contribution in [2.75, 3.05) is 24.5 Å². The number of rotatable bonds is 6. The second-order valence-corrected chi connectivity index (χ2v) is 4.95. The van der Waals surface area contributed by atoms with E-state index in [4.69, 9.17) is 5.73 Å². The molecule has 0 saturated heterocycles. The maximum Gasteiger partial charge on any atom is 0.185 e. The van der Waals surface area contributed by atoms with Gasteiger partial charge in [-0.15, -0.1) is 11.3 Å². The van der Waals surface area contributed by atoms with E-state index >= 15 is 0 Å². The molecule has 0 unspecified atom stereocenters. The topological polar surface area (TPSA) is 42.1 Å². The fourth-order valence-electron chi connectivity index (χ4n) is 1.45. The third kappa shape index (κ3) is 3.47. The number of aryl methyl sites for hydroxylation is 2. The second-order valence-electron chi connectivity index (χ2n) is 3.77. The predicted octanol–water partition coefficient (Wildman–Crippen LogP) is 2.33. The minimum atomic E-state index is 0.754. The lowest BCUT2D eigenvalue weighted by Gasteiger charge is -2.20. The molecule has 1 aromatic rings. The quantitative estimate of drug-likeness (QED) is 0.811. The lowest BCUT2D eigenvalue weighted by atomic mass is 10.3. The highest BCUT2D eigenvalue weighted by Crippen LogP contribution is 2.25. The van der Waals surface area contributed by atoms with Crippen molar-refractivity contribution in [2.24, 2.45) is 5.73 Å². The third-order valence-corrected chi connectivity index (χ3v) is 3.55. The molecule has 0 aliphatic carbocycles. The molecule has 0 spiro atoms. The lowest BCUT2D eigenvalue weighted by molar-refractivity contribution is 0.717. The highest BCUT2D eigenvalue weighted by Gasteiger charge is 2.10. The van der Waals surface area contributed by atoms with E-state index in [1.165, 1.54) is 4.88 Å². The van der Waals surface area contributed by atoms with Crippen LogP contribution in [0.2, 0.25) is 0 Å². The smallest absolute Gasteiger partial charge is 0.185 e. The number of nitrogens with two attached hydrogens (primary N) is 1. The molecule has 0 aliphatic rings. The van der Waals surface area contributed by atoms with Gasteiger partial charge in [-0.1, -0.05) is 6.92 Å². The Morgan fingerprint density at radius 1 is 1.33 bits per heavy atom. The van der Waals surface area contributed by atoms with Crippen molar-refractivity contribution in [2.45, 2.75) is 33.6 Å². The molecule has 0 fully saturated rings. The van der Waals surface area contributed by atoms with Gasteiger partial charge in [0.1, 0.15) is 0 Å². The summed E-state index contributed by atoms with van der Waals surface area (Å²) < 4.78 is 0. The molecule has 2 N–H and O–H groups in total. The summed E-state index contributed by atoms with van der Waals surface area (Å²) in [6, 6.07) is 0. The van der Waals surface area contributed by atoms with Crippen LogP contribution in [0.4, 0.5) is 5.13 Å². The van der Waals surface area contributed by atoms with E-state index in [9.17, 15) is 0 Å². The van der Waals surface area contributed by atoms with Gasteiger partial charge < -0.3 is 10.6 Å². The highest BCUT2D eigenvalue weighted by molar-refractivity contribution is 7.15. The van der Waals surface area contributed by atoms with Crippen LogP contribution < -0.4 is 10.6 Å². The van der Waals surface area contributed by atoms with Gasteiger partial charge in [-0.25, -0.2) is 4.98 Å². The molecule has 86 valence electrons. The van der Waals surface area contributed by atoms with Crippen molar-refractivity contribution in [3.05, 3.63) is 10.6 Å². The van der Waals surface area contributed by atoms with Gasteiger partial charge in [0.15, 0.2) is 5.13 Å². The van der Waals surface area contributed by atoms with Crippen molar-refractivity contribution in [1.82, 2.24) is 4.98 Å². The number of hydrogen-bond acceptors (Lipinski definition) is 4. The molecule has 0 amide bonds. The Bertz CT molecular complexity index is 277. The monoisotopic (exact) mass is 227 g/mol. The average molecular weight is 227 g/mol. The van der Waals surface area contributed by atoms with E-state index in [1.54, 1.807) is 11.3 Å². The average Bonchev–Trinajstić information content (AvgIpc) is 2.54. The first-order valence-corrected chi connectivity index (χ1v) is 6.39. The van der Waals surface area contributed by atoms with Crippen LogP contribution in [0.3, 0.4) is 0 Å². The lowest BCUT2D eigenvalue weighted by Crippen LogP contribution is -2.26. The number of nitrogens with zero attached hydrogens (tertiary/aromatic N) is 2. The first-order chi connectivity index (χ1) is 7.19. The fourth-order valence-corrected chi connectivity index (χ4v) is 2.41. The molecule has 3 nitrogen and oxygen atoms in total. The van der Waals surface area contributed by atoms with Gasteiger partial charge in [0.2, 0.25) is 0 Å². The molecule has 0 bridgehead atoms. The first kappa shape index (κ1) is 12.5. The summed E-state index contributed by atoms with van der Waals surface area (Å²) in [7, 11) is 0. The zero-order valence-electron chi connectivity index (χ0n) is 9.92. The molecule has 0 saturated carbocycles. The Morgan fingerprint density at radius 2 is 2.07 bits per heavy atom. The summed E-state index contributed by atoms with van der Waals surface area (Å²) in [4.78, 5) is 8.25. The van der Waals surface area contributed by atoms with Crippen LogP contribution in [-0.4, -0.2) is 24.6 Å². The van der Waals surface area contributed by atoms with Gasteiger partial charge in [0.25, 0.3) is 0 Å². The van der Waals surface area contributed by atoms with E-state index in [0.29, 0.717) is 0 Å². The van der Waals surface area contributed by atoms with E-state index in [2.05, 4.69) is 30.7 Å². The van der Waals surface area contributed by atoms with E-state index < -0.39 is 0 Å². The molecule has 4 heteroatoms. The Hall–Kier alpha value is -0.610. The highest BCUT2D eigenvalue weighted by atomic mass is 32.1. The van der Waals surface area contributed by atoms with Crippen LogP contribution in [0, 0.1) is 13.8 Å². The van der Waals surface area contributed by atoms with Gasteiger partial charge in [-0.2, -0.15) is 0 Å². The second kappa shape index (κ2) is 6.08. The summed E-state index contributed by atoms with van der Waals surface area (Å²) in [5.74, 6) is 0. The van der Waals surface area contributed by atoms with Crippen LogP contribution in [0.25, 0.3) is 0 Å². The van der Waals surface area contributed by atoms with Crippen molar-refractivity contribution in [3.63, 3.8) is 0 Å². The van der Waals surface area contributed by atoms with Gasteiger partial charge >= 0.3 is 0 Å². The van der Waals surface area contributed by atoms with Crippen LogP contribution in [0.1, 0.15) is 30.3 Å². The molecule has 0 aromatic carbocycles. The predicted molar refractivity (Wildman–Crippen MR) is 67.8 cm³/mol. The first-order valence-electron chi connectivity index (χ1n) is 5.58. The van der Waals surface area contributed by atoms with E-state index in [-0.39, 0.29) is 0 Å². The van der Waals surface area contributed by atoms with Gasteiger partial charge in [-0.3, -0.25) is 0 Å². The Balaban J connectivity index is 2.69. The molecule has 1 aromatic heterocycles. The number of hydrogen-bond donors (Lipinski definition) is 1.